The van der Waals surface area contributed by atoms with Gasteiger partial charge in [0.25, 0.3) is 0 Å². The summed E-state index contributed by atoms with van der Waals surface area (Å²) in [5, 5.41) is 3.81. The molecular weight excluding hydrogens is 280 g/mol. The van der Waals surface area contributed by atoms with Crippen LogP contribution in [-0.4, -0.2) is 26.7 Å². The number of nitrogens with two attached hydrogens (primary N) is 1. The van der Waals surface area contributed by atoms with Crippen LogP contribution in [0.3, 0.4) is 0 Å². The van der Waals surface area contributed by atoms with Gasteiger partial charge in [-0.15, -0.1) is 0 Å². The second-order valence-corrected chi connectivity index (χ2v) is 4.82. The number of halogens is 1. The molecule has 0 bridgehead atoms. The van der Waals surface area contributed by atoms with Gasteiger partial charge < -0.3 is 20.5 Å². The standard InChI is InChI=1S/C14H21ClN2O3/c1-19-12-8-10(7-11(15)14(12)20-2)9-17-6-4-3-5-13(16)18/h7-8,17H,3-6,9H2,1-2H3,(H2,16,18). The Morgan fingerprint density at radius 2 is 2.05 bits per heavy atom. The van der Waals surface area contributed by atoms with Crippen LogP contribution in [0, 0.1) is 0 Å². The number of hydrogen-bond donors (Lipinski definition) is 2. The van der Waals surface area contributed by atoms with E-state index in [0.29, 0.717) is 29.5 Å². The molecule has 0 aliphatic carbocycles. The van der Waals surface area contributed by atoms with E-state index in [1.165, 1.54) is 0 Å². The van der Waals surface area contributed by atoms with Crippen molar-refractivity contribution in [2.24, 2.45) is 5.73 Å². The largest absolute Gasteiger partial charge is 0.493 e. The highest BCUT2D eigenvalue weighted by molar-refractivity contribution is 6.32. The van der Waals surface area contributed by atoms with E-state index in [4.69, 9.17) is 26.8 Å². The van der Waals surface area contributed by atoms with Gasteiger partial charge in [-0.3, -0.25) is 4.79 Å². The molecule has 0 aliphatic rings. The summed E-state index contributed by atoms with van der Waals surface area (Å²) < 4.78 is 10.4. The third-order valence-corrected chi connectivity index (χ3v) is 3.13. The summed E-state index contributed by atoms with van der Waals surface area (Å²) in [6.07, 6.45) is 2.14. The van der Waals surface area contributed by atoms with E-state index in [1.807, 2.05) is 12.1 Å². The molecule has 0 saturated heterocycles. The summed E-state index contributed by atoms with van der Waals surface area (Å²) in [4.78, 5) is 10.6. The maximum absolute atomic E-state index is 10.6. The van der Waals surface area contributed by atoms with Crippen LogP contribution in [0.25, 0.3) is 0 Å². The Hall–Kier alpha value is -1.46. The maximum atomic E-state index is 10.6. The van der Waals surface area contributed by atoms with E-state index in [2.05, 4.69) is 5.32 Å². The molecule has 1 aromatic rings. The van der Waals surface area contributed by atoms with E-state index in [9.17, 15) is 4.79 Å². The quantitative estimate of drug-likeness (QED) is 0.685. The summed E-state index contributed by atoms with van der Waals surface area (Å²) >= 11 is 6.13. The number of benzene rings is 1. The van der Waals surface area contributed by atoms with Crippen LogP contribution >= 0.6 is 11.6 Å². The van der Waals surface area contributed by atoms with Crippen molar-refractivity contribution in [2.75, 3.05) is 20.8 Å². The minimum absolute atomic E-state index is 0.253. The van der Waals surface area contributed by atoms with E-state index in [1.54, 1.807) is 14.2 Å². The van der Waals surface area contributed by atoms with E-state index in [0.717, 1.165) is 24.9 Å². The Labute approximate surface area is 124 Å². The molecule has 3 N–H and O–H groups in total. The molecule has 0 saturated carbocycles. The van der Waals surface area contributed by atoms with Crippen molar-refractivity contribution in [3.63, 3.8) is 0 Å². The zero-order valence-electron chi connectivity index (χ0n) is 11.9. The Morgan fingerprint density at radius 3 is 2.65 bits per heavy atom. The predicted molar refractivity (Wildman–Crippen MR) is 79.3 cm³/mol. The fourth-order valence-electron chi connectivity index (χ4n) is 1.86. The highest BCUT2D eigenvalue weighted by Gasteiger charge is 2.10. The smallest absolute Gasteiger partial charge is 0.217 e. The van der Waals surface area contributed by atoms with Crippen molar-refractivity contribution in [3.05, 3.63) is 22.7 Å². The summed E-state index contributed by atoms with van der Waals surface area (Å²) in [5.74, 6) is 0.904. The van der Waals surface area contributed by atoms with E-state index in [-0.39, 0.29) is 5.91 Å². The number of ether oxygens (including phenoxy) is 2. The highest BCUT2D eigenvalue weighted by Crippen LogP contribution is 2.35. The Kier molecular flexibility index (Phi) is 7.18. The number of hydrogen-bond acceptors (Lipinski definition) is 4. The van der Waals surface area contributed by atoms with Gasteiger partial charge >= 0.3 is 0 Å². The molecule has 1 amide bonds. The third kappa shape index (κ3) is 5.27. The first-order chi connectivity index (χ1) is 9.58. The lowest BCUT2D eigenvalue weighted by molar-refractivity contribution is -0.118. The Bertz CT molecular complexity index is 452. The maximum Gasteiger partial charge on any atom is 0.217 e. The van der Waals surface area contributed by atoms with Crippen LogP contribution in [0.1, 0.15) is 24.8 Å². The molecule has 1 aromatic carbocycles. The number of rotatable bonds is 9. The molecule has 0 fully saturated rings. The van der Waals surface area contributed by atoms with Gasteiger partial charge in [0.05, 0.1) is 19.2 Å². The lowest BCUT2D eigenvalue weighted by Crippen LogP contribution is -2.16. The normalized spacial score (nSPS) is 10.3. The zero-order valence-corrected chi connectivity index (χ0v) is 12.6. The lowest BCUT2D eigenvalue weighted by Gasteiger charge is -2.12. The van der Waals surface area contributed by atoms with Crippen LogP contribution in [0.5, 0.6) is 11.5 Å². The van der Waals surface area contributed by atoms with Gasteiger partial charge in [0.1, 0.15) is 0 Å². The van der Waals surface area contributed by atoms with Crippen LogP contribution in [0.4, 0.5) is 0 Å². The van der Waals surface area contributed by atoms with Crippen molar-refractivity contribution < 1.29 is 14.3 Å². The molecule has 0 heterocycles. The summed E-state index contributed by atoms with van der Waals surface area (Å²) in [6.45, 7) is 1.50. The van der Waals surface area contributed by atoms with Crippen LogP contribution in [0.2, 0.25) is 5.02 Å². The molecule has 112 valence electrons. The predicted octanol–water partition coefficient (Wildman–Crippen LogP) is 2.10. The van der Waals surface area contributed by atoms with Crippen LogP contribution in [0.15, 0.2) is 12.1 Å². The van der Waals surface area contributed by atoms with Gasteiger partial charge in [0.2, 0.25) is 5.91 Å². The van der Waals surface area contributed by atoms with Gasteiger partial charge in [-0.1, -0.05) is 11.6 Å². The molecule has 0 atom stereocenters. The first kappa shape index (κ1) is 16.6. The van der Waals surface area contributed by atoms with Crippen LogP contribution < -0.4 is 20.5 Å². The Morgan fingerprint density at radius 1 is 1.30 bits per heavy atom. The average Bonchev–Trinajstić information content (AvgIpc) is 2.41. The number of primary amides is 1. The summed E-state index contributed by atoms with van der Waals surface area (Å²) in [7, 11) is 3.13. The molecule has 0 radical (unpaired) electrons. The van der Waals surface area contributed by atoms with E-state index >= 15 is 0 Å². The molecule has 20 heavy (non-hydrogen) atoms. The molecule has 0 unspecified atom stereocenters. The molecule has 5 nitrogen and oxygen atoms in total. The molecular formula is C14H21ClN2O3. The zero-order chi connectivity index (χ0) is 15.0. The van der Waals surface area contributed by atoms with Crippen molar-refractivity contribution in [1.82, 2.24) is 5.32 Å². The average molecular weight is 301 g/mol. The van der Waals surface area contributed by atoms with Gasteiger partial charge in [0, 0.05) is 13.0 Å². The van der Waals surface area contributed by atoms with Gasteiger partial charge in [-0.25, -0.2) is 0 Å². The van der Waals surface area contributed by atoms with Crippen molar-refractivity contribution in [3.8, 4) is 11.5 Å². The molecule has 6 heteroatoms. The molecule has 0 aromatic heterocycles. The highest BCUT2D eigenvalue weighted by atomic mass is 35.5. The van der Waals surface area contributed by atoms with Crippen molar-refractivity contribution >= 4 is 17.5 Å². The first-order valence-electron chi connectivity index (χ1n) is 6.48. The SMILES string of the molecule is COc1cc(CNCCCCC(N)=O)cc(Cl)c1OC. The topological polar surface area (TPSA) is 73.6 Å². The van der Waals surface area contributed by atoms with E-state index < -0.39 is 0 Å². The first-order valence-corrected chi connectivity index (χ1v) is 6.85. The molecule has 0 aliphatic heterocycles. The van der Waals surface area contributed by atoms with Crippen molar-refractivity contribution in [1.29, 1.82) is 0 Å². The number of carbonyl (C=O) groups is 1. The summed E-state index contributed by atoms with van der Waals surface area (Å²) in [5.41, 5.74) is 6.09. The van der Waals surface area contributed by atoms with Gasteiger partial charge in [-0.2, -0.15) is 0 Å². The monoisotopic (exact) mass is 300 g/mol. The minimum atomic E-state index is -0.253. The van der Waals surface area contributed by atoms with Crippen LogP contribution in [-0.2, 0) is 11.3 Å². The number of nitrogens with one attached hydrogen (secondary N) is 1. The second kappa shape index (κ2) is 8.66. The molecule has 0 spiro atoms. The molecule has 1 rings (SSSR count). The Balaban J connectivity index is 2.44. The number of methoxy groups -OCH3 is 2. The number of carbonyl (C=O) groups excluding carboxylic acids is 1. The van der Waals surface area contributed by atoms with Crippen molar-refractivity contribution in [2.45, 2.75) is 25.8 Å². The second-order valence-electron chi connectivity index (χ2n) is 4.41. The van der Waals surface area contributed by atoms with Gasteiger partial charge in [-0.05, 0) is 37.1 Å². The minimum Gasteiger partial charge on any atom is -0.493 e. The number of unbranched alkanes of at least 4 members (excludes halogenated alkanes) is 1. The fourth-order valence-corrected chi connectivity index (χ4v) is 2.17. The fraction of sp³-hybridized carbons (Fsp3) is 0.500. The number of amides is 1. The third-order valence-electron chi connectivity index (χ3n) is 2.85. The lowest BCUT2D eigenvalue weighted by atomic mass is 10.2. The summed E-state index contributed by atoms with van der Waals surface area (Å²) in [6, 6.07) is 3.74. The van der Waals surface area contributed by atoms with Gasteiger partial charge in [0.15, 0.2) is 11.5 Å².